The molecule has 4 rings (SSSR count). The van der Waals surface area contributed by atoms with E-state index in [4.69, 9.17) is 11.6 Å². The number of rotatable bonds is 5. The Hall–Kier alpha value is -3.64. The van der Waals surface area contributed by atoms with Gasteiger partial charge in [0, 0.05) is 10.7 Å². The first kappa shape index (κ1) is 21.6. The van der Waals surface area contributed by atoms with Gasteiger partial charge in [0.05, 0.1) is 17.4 Å². The number of carbonyl (C=O) groups excluding carboxylic acids is 1. The molecule has 1 N–H and O–H groups in total. The Morgan fingerprint density at radius 3 is 2.38 bits per heavy atom. The van der Waals surface area contributed by atoms with Crippen molar-refractivity contribution in [1.29, 1.82) is 0 Å². The summed E-state index contributed by atoms with van der Waals surface area (Å²) in [6.07, 6.45) is 0. The minimum atomic E-state index is -0.542. The molecule has 0 aliphatic rings. The molecule has 3 aromatic carbocycles. The highest BCUT2D eigenvalue weighted by molar-refractivity contribution is 6.30. The fourth-order valence-electron chi connectivity index (χ4n) is 3.72. The molecule has 1 aromatic heterocycles. The first-order valence-electron chi connectivity index (χ1n) is 10.2. The molecule has 0 radical (unpaired) electrons. The van der Waals surface area contributed by atoms with E-state index in [0.717, 1.165) is 21.3 Å². The fraction of sp³-hybridized carbons (Fsp3) is 0.160. The summed E-state index contributed by atoms with van der Waals surface area (Å²) in [7, 11) is 0. The van der Waals surface area contributed by atoms with Gasteiger partial charge in [0.25, 0.3) is 5.56 Å². The number of aryl methyl sites for hydroxylation is 2. The highest BCUT2D eigenvalue weighted by Gasteiger charge is 2.16. The van der Waals surface area contributed by atoms with E-state index in [2.05, 4.69) is 5.32 Å². The van der Waals surface area contributed by atoms with E-state index in [1.54, 1.807) is 48.5 Å². The number of amides is 1. The third kappa shape index (κ3) is 4.36. The van der Waals surface area contributed by atoms with Gasteiger partial charge >= 0.3 is 5.69 Å². The van der Waals surface area contributed by atoms with Crippen molar-refractivity contribution in [1.82, 2.24) is 9.13 Å². The van der Waals surface area contributed by atoms with Crippen LogP contribution in [0.4, 0.5) is 5.69 Å². The zero-order valence-electron chi connectivity index (χ0n) is 17.8. The molecule has 0 bridgehead atoms. The number of hydrogen-bond donors (Lipinski definition) is 1. The van der Waals surface area contributed by atoms with Gasteiger partial charge in [0.2, 0.25) is 5.91 Å². The van der Waals surface area contributed by atoms with E-state index < -0.39 is 11.2 Å². The molecular formula is C25H22ClN3O3. The van der Waals surface area contributed by atoms with Crippen LogP contribution in [-0.2, 0) is 17.9 Å². The molecular weight excluding hydrogens is 426 g/mol. The van der Waals surface area contributed by atoms with Crippen molar-refractivity contribution in [2.75, 3.05) is 5.32 Å². The van der Waals surface area contributed by atoms with E-state index >= 15 is 0 Å². The summed E-state index contributed by atoms with van der Waals surface area (Å²) in [5.74, 6) is -0.346. The maximum absolute atomic E-state index is 13.3. The Morgan fingerprint density at radius 1 is 0.938 bits per heavy atom. The summed E-state index contributed by atoms with van der Waals surface area (Å²) < 4.78 is 2.49. The number of carbonyl (C=O) groups is 1. The molecule has 162 valence electrons. The molecule has 0 saturated heterocycles. The summed E-state index contributed by atoms with van der Waals surface area (Å²) in [5.41, 5.74) is 2.96. The summed E-state index contributed by atoms with van der Waals surface area (Å²) in [4.78, 5) is 39.2. The average Bonchev–Trinajstić information content (AvgIpc) is 2.77. The number of nitrogens with one attached hydrogen (secondary N) is 1. The van der Waals surface area contributed by atoms with Crippen molar-refractivity contribution in [2.24, 2.45) is 0 Å². The summed E-state index contributed by atoms with van der Waals surface area (Å²) in [6, 6.07) is 19.5. The smallest absolute Gasteiger partial charge is 0.324 e. The van der Waals surface area contributed by atoms with Crippen LogP contribution in [0.2, 0.25) is 5.02 Å². The van der Waals surface area contributed by atoms with Gasteiger partial charge in [0.15, 0.2) is 0 Å². The minimum absolute atomic E-state index is 0.0817. The van der Waals surface area contributed by atoms with E-state index in [1.807, 2.05) is 32.0 Å². The lowest BCUT2D eigenvalue weighted by atomic mass is 10.1. The molecule has 0 saturated carbocycles. The van der Waals surface area contributed by atoms with E-state index in [-0.39, 0.29) is 19.0 Å². The number of nitrogens with zero attached hydrogens (tertiary/aromatic N) is 2. The zero-order chi connectivity index (χ0) is 22.8. The second-order valence-corrected chi connectivity index (χ2v) is 8.21. The lowest BCUT2D eigenvalue weighted by Gasteiger charge is -2.15. The van der Waals surface area contributed by atoms with Crippen LogP contribution in [0.15, 0.2) is 76.3 Å². The molecule has 32 heavy (non-hydrogen) atoms. The van der Waals surface area contributed by atoms with Gasteiger partial charge in [0.1, 0.15) is 6.54 Å². The van der Waals surface area contributed by atoms with E-state index in [0.29, 0.717) is 21.6 Å². The third-order valence-corrected chi connectivity index (χ3v) is 5.60. The summed E-state index contributed by atoms with van der Waals surface area (Å²) in [5, 5.41) is 3.81. The Bertz CT molecular complexity index is 1440. The number of anilines is 1. The minimum Gasteiger partial charge on any atom is -0.324 e. The second-order valence-electron chi connectivity index (χ2n) is 7.77. The van der Waals surface area contributed by atoms with Crippen molar-refractivity contribution in [3.63, 3.8) is 0 Å². The third-order valence-electron chi connectivity index (χ3n) is 5.34. The number of aromatic nitrogens is 2. The SMILES string of the molecule is Cc1ccc(NC(=O)Cn2c(=O)n(Cc3ccc(Cl)cc3)c(=O)c3ccccc32)c(C)c1. The Kier molecular flexibility index (Phi) is 5.97. The van der Waals surface area contributed by atoms with Crippen molar-refractivity contribution < 1.29 is 4.79 Å². The molecule has 0 aliphatic heterocycles. The zero-order valence-corrected chi connectivity index (χ0v) is 18.5. The largest absolute Gasteiger partial charge is 0.332 e. The van der Waals surface area contributed by atoms with Crippen LogP contribution >= 0.6 is 11.6 Å². The molecule has 0 aliphatic carbocycles. The Labute approximate surface area is 189 Å². The van der Waals surface area contributed by atoms with Crippen molar-refractivity contribution in [2.45, 2.75) is 26.9 Å². The van der Waals surface area contributed by atoms with Gasteiger partial charge in [-0.25, -0.2) is 4.79 Å². The van der Waals surface area contributed by atoms with Gasteiger partial charge in [-0.3, -0.25) is 18.7 Å². The van der Waals surface area contributed by atoms with Crippen LogP contribution < -0.4 is 16.6 Å². The molecule has 4 aromatic rings. The molecule has 1 amide bonds. The quantitative estimate of drug-likeness (QED) is 0.500. The maximum atomic E-state index is 13.3. The summed E-state index contributed by atoms with van der Waals surface area (Å²) >= 11 is 5.95. The van der Waals surface area contributed by atoms with Gasteiger partial charge < -0.3 is 5.32 Å². The van der Waals surface area contributed by atoms with E-state index in [9.17, 15) is 14.4 Å². The Balaban J connectivity index is 1.74. The fourth-order valence-corrected chi connectivity index (χ4v) is 3.85. The van der Waals surface area contributed by atoms with Gasteiger partial charge in [-0.2, -0.15) is 0 Å². The first-order chi connectivity index (χ1) is 15.3. The van der Waals surface area contributed by atoms with Crippen LogP contribution in [0, 0.1) is 13.8 Å². The molecule has 0 atom stereocenters. The highest BCUT2D eigenvalue weighted by atomic mass is 35.5. The van der Waals surface area contributed by atoms with Crippen LogP contribution in [-0.4, -0.2) is 15.0 Å². The molecule has 0 fully saturated rings. The van der Waals surface area contributed by atoms with Crippen molar-refractivity contribution in [3.8, 4) is 0 Å². The Morgan fingerprint density at radius 2 is 1.66 bits per heavy atom. The number of halogens is 1. The lowest BCUT2D eigenvalue weighted by molar-refractivity contribution is -0.116. The number of hydrogen-bond acceptors (Lipinski definition) is 3. The van der Waals surface area contributed by atoms with Crippen LogP contribution in [0.5, 0.6) is 0 Å². The normalized spacial score (nSPS) is 11.0. The predicted molar refractivity (Wildman–Crippen MR) is 128 cm³/mol. The van der Waals surface area contributed by atoms with Crippen molar-refractivity contribution >= 4 is 34.1 Å². The topological polar surface area (TPSA) is 73.1 Å². The second kappa shape index (κ2) is 8.85. The monoisotopic (exact) mass is 447 g/mol. The highest BCUT2D eigenvalue weighted by Crippen LogP contribution is 2.16. The van der Waals surface area contributed by atoms with Crippen molar-refractivity contribution in [3.05, 3.63) is 109 Å². The number of fused-ring (bicyclic) bond motifs is 1. The van der Waals surface area contributed by atoms with Crippen LogP contribution in [0.25, 0.3) is 10.9 Å². The molecule has 7 heteroatoms. The summed E-state index contributed by atoms with van der Waals surface area (Å²) in [6.45, 7) is 3.76. The average molecular weight is 448 g/mol. The number of benzene rings is 3. The maximum Gasteiger partial charge on any atom is 0.332 e. The molecule has 6 nitrogen and oxygen atoms in total. The predicted octanol–water partition coefficient (Wildman–Crippen LogP) is 4.12. The van der Waals surface area contributed by atoms with Gasteiger partial charge in [-0.1, -0.05) is 53.6 Å². The lowest BCUT2D eigenvalue weighted by Crippen LogP contribution is -2.42. The molecule has 0 unspecified atom stereocenters. The standard InChI is InChI=1S/C25H22ClN3O3/c1-16-7-12-21(17(2)13-16)27-23(30)15-28-22-6-4-3-5-20(22)24(31)29(25(28)32)14-18-8-10-19(26)11-9-18/h3-13H,14-15H2,1-2H3,(H,27,30). The molecule has 0 spiro atoms. The molecule has 1 heterocycles. The van der Waals surface area contributed by atoms with Crippen LogP contribution in [0.1, 0.15) is 16.7 Å². The van der Waals surface area contributed by atoms with Crippen LogP contribution in [0.3, 0.4) is 0 Å². The number of para-hydroxylation sites is 1. The first-order valence-corrected chi connectivity index (χ1v) is 10.6. The van der Waals surface area contributed by atoms with Gasteiger partial charge in [-0.05, 0) is 55.3 Å². The van der Waals surface area contributed by atoms with Gasteiger partial charge in [-0.15, -0.1) is 0 Å². The van der Waals surface area contributed by atoms with E-state index in [1.165, 1.54) is 4.57 Å².